The van der Waals surface area contributed by atoms with E-state index in [-0.39, 0.29) is 18.7 Å². The normalized spacial score (nSPS) is 25.5. The number of hydrogen-bond acceptors (Lipinski definition) is 6. The van der Waals surface area contributed by atoms with E-state index in [9.17, 15) is 19.2 Å². The van der Waals surface area contributed by atoms with Gasteiger partial charge in [0.1, 0.15) is 6.04 Å². The molecule has 2 fully saturated rings. The summed E-state index contributed by atoms with van der Waals surface area (Å²) < 4.78 is 0. The van der Waals surface area contributed by atoms with Crippen LogP contribution in [0.4, 0.5) is 0 Å². The molecule has 8 heteroatoms. The Morgan fingerprint density at radius 1 is 0.939 bits per heavy atom. The molecule has 8 nitrogen and oxygen atoms in total. The van der Waals surface area contributed by atoms with Gasteiger partial charge in [-0.2, -0.15) is 0 Å². The van der Waals surface area contributed by atoms with Gasteiger partial charge >= 0.3 is 0 Å². The minimum atomic E-state index is -0.959. The number of carbonyl (C=O) groups is 4. The van der Waals surface area contributed by atoms with E-state index in [0.29, 0.717) is 36.1 Å². The maximum absolute atomic E-state index is 13.3. The fraction of sp³-hybridized carbons (Fsp3) is 0.360. The Balaban J connectivity index is 1.39. The van der Waals surface area contributed by atoms with Gasteiger partial charge in [-0.1, -0.05) is 42.5 Å². The van der Waals surface area contributed by atoms with Crippen molar-refractivity contribution >= 4 is 23.6 Å². The summed E-state index contributed by atoms with van der Waals surface area (Å²) in [4.78, 5) is 53.6. The van der Waals surface area contributed by atoms with Crippen molar-refractivity contribution < 1.29 is 19.2 Å². The first-order chi connectivity index (χ1) is 16.0. The summed E-state index contributed by atoms with van der Waals surface area (Å²) >= 11 is 0. The number of amides is 4. The number of carbonyl (C=O) groups excluding carboxylic acids is 4. The zero-order chi connectivity index (χ0) is 23.1. The third kappa shape index (κ3) is 3.75. The molecular formula is C25H26N4O4. The lowest BCUT2D eigenvalue weighted by Gasteiger charge is -2.28. The molecule has 3 heterocycles. The molecule has 3 N–H and O–H groups in total. The average molecular weight is 447 g/mol. The largest absolute Gasteiger partial charge is 0.330 e. The monoisotopic (exact) mass is 446 g/mol. The van der Waals surface area contributed by atoms with Crippen molar-refractivity contribution in [3.05, 3.63) is 70.8 Å². The second-order valence-electron chi connectivity index (χ2n) is 8.99. The fourth-order valence-electron chi connectivity index (χ4n) is 5.36. The Morgan fingerprint density at radius 3 is 2.45 bits per heavy atom. The molecule has 0 aromatic heterocycles. The number of nitrogens with one attached hydrogen (secondary N) is 1. The number of imide groups is 2. The Labute approximate surface area is 191 Å². The van der Waals surface area contributed by atoms with Crippen LogP contribution in [0.2, 0.25) is 0 Å². The van der Waals surface area contributed by atoms with Crippen LogP contribution < -0.4 is 11.1 Å². The van der Waals surface area contributed by atoms with Crippen LogP contribution in [0.1, 0.15) is 50.6 Å². The van der Waals surface area contributed by atoms with Crippen LogP contribution in [-0.2, 0) is 16.1 Å². The average Bonchev–Trinajstić information content (AvgIpc) is 3.34. The van der Waals surface area contributed by atoms with Crippen LogP contribution in [0.25, 0.3) is 0 Å². The van der Waals surface area contributed by atoms with Crippen molar-refractivity contribution in [3.63, 3.8) is 0 Å². The number of fused-ring (bicyclic) bond motifs is 1. The van der Waals surface area contributed by atoms with E-state index in [1.54, 1.807) is 12.1 Å². The molecule has 0 saturated carbocycles. The quantitative estimate of drug-likeness (QED) is 0.669. The van der Waals surface area contributed by atoms with Crippen molar-refractivity contribution in [2.45, 2.75) is 31.3 Å². The number of nitrogens with two attached hydrogens (primary N) is 1. The van der Waals surface area contributed by atoms with E-state index in [2.05, 4.69) is 22.3 Å². The first-order valence-corrected chi connectivity index (χ1v) is 11.3. The SMILES string of the molecule is NC[C@@H]1CN(Cc2cccc3c2C(=O)N(C2CCC(=O)NC2=O)C3=O)C[C@H]1c1ccccc1. The molecule has 5 rings (SSSR count). The molecule has 3 aliphatic heterocycles. The Kier molecular flexibility index (Phi) is 5.55. The van der Waals surface area contributed by atoms with E-state index in [0.717, 1.165) is 23.6 Å². The van der Waals surface area contributed by atoms with Gasteiger partial charge in [0.05, 0.1) is 11.1 Å². The summed E-state index contributed by atoms with van der Waals surface area (Å²) in [5.41, 5.74) is 8.78. The minimum Gasteiger partial charge on any atom is -0.330 e. The van der Waals surface area contributed by atoms with Crippen LogP contribution in [0, 0.1) is 5.92 Å². The maximum atomic E-state index is 13.3. The van der Waals surface area contributed by atoms with Gasteiger partial charge < -0.3 is 5.73 Å². The van der Waals surface area contributed by atoms with E-state index in [1.807, 2.05) is 24.3 Å². The summed E-state index contributed by atoms with van der Waals surface area (Å²) in [5.74, 6) is -1.31. The van der Waals surface area contributed by atoms with E-state index in [1.165, 1.54) is 5.56 Å². The summed E-state index contributed by atoms with van der Waals surface area (Å²) in [7, 11) is 0. The highest BCUT2D eigenvalue weighted by Crippen LogP contribution is 2.35. The maximum Gasteiger partial charge on any atom is 0.262 e. The molecule has 3 aliphatic rings. The fourth-order valence-corrected chi connectivity index (χ4v) is 5.36. The number of nitrogens with zero attached hydrogens (tertiary/aromatic N) is 2. The highest BCUT2D eigenvalue weighted by Gasteiger charge is 2.45. The number of benzene rings is 2. The van der Waals surface area contributed by atoms with Gasteiger partial charge in [-0.25, -0.2) is 0 Å². The van der Waals surface area contributed by atoms with Crippen LogP contribution in [0.5, 0.6) is 0 Å². The van der Waals surface area contributed by atoms with Crippen LogP contribution in [0.3, 0.4) is 0 Å². The molecule has 1 unspecified atom stereocenters. The molecule has 0 bridgehead atoms. The van der Waals surface area contributed by atoms with E-state index < -0.39 is 23.8 Å². The van der Waals surface area contributed by atoms with Crippen LogP contribution in [0.15, 0.2) is 48.5 Å². The lowest BCUT2D eigenvalue weighted by molar-refractivity contribution is -0.136. The van der Waals surface area contributed by atoms with Gasteiger partial charge in [0.15, 0.2) is 0 Å². The highest BCUT2D eigenvalue weighted by molar-refractivity contribution is 6.24. The third-order valence-corrected chi connectivity index (χ3v) is 7.00. The van der Waals surface area contributed by atoms with E-state index in [4.69, 9.17) is 5.73 Å². The number of likely N-dealkylation sites (tertiary alicyclic amines) is 1. The first-order valence-electron chi connectivity index (χ1n) is 11.3. The predicted molar refractivity (Wildman–Crippen MR) is 120 cm³/mol. The Morgan fingerprint density at radius 2 is 1.73 bits per heavy atom. The number of rotatable bonds is 5. The highest BCUT2D eigenvalue weighted by atomic mass is 16.2. The Hall–Kier alpha value is -3.36. The van der Waals surface area contributed by atoms with Crippen molar-refractivity contribution in [1.82, 2.24) is 15.1 Å². The number of hydrogen-bond donors (Lipinski definition) is 2. The molecule has 2 saturated heterocycles. The lowest BCUT2D eigenvalue weighted by Crippen LogP contribution is -2.54. The lowest BCUT2D eigenvalue weighted by atomic mass is 9.89. The molecule has 3 atom stereocenters. The Bertz CT molecular complexity index is 1130. The van der Waals surface area contributed by atoms with E-state index >= 15 is 0 Å². The molecular weight excluding hydrogens is 420 g/mol. The molecule has 0 spiro atoms. The first kappa shape index (κ1) is 21.5. The summed E-state index contributed by atoms with van der Waals surface area (Å²) in [5, 5.41) is 2.24. The van der Waals surface area contributed by atoms with Gasteiger partial charge in [0.2, 0.25) is 11.8 Å². The molecule has 33 heavy (non-hydrogen) atoms. The topological polar surface area (TPSA) is 113 Å². The molecule has 4 amide bonds. The van der Waals surface area contributed by atoms with Gasteiger partial charge in [-0.3, -0.25) is 34.3 Å². The second kappa shape index (κ2) is 8.53. The molecule has 2 aromatic carbocycles. The van der Waals surface area contributed by atoms with Crippen LogP contribution in [-0.4, -0.2) is 59.1 Å². The summed E-state index contributed by atoms with van der Waals surface area (Å²) in [6.45, 7) is 2.71. The third-order valence-electron chi connectivity index (χ3n) is 7.00. The molecule has 0 radical (unpaired) electrons. The van der Waals surface area contributed by atoms with Crippen LogP contribution >= 0.6 is 0 Å². The van der Waals surface area contributed by atoms with Crippen molar-refractivity contribution in [1.29, 1.82) is 0 Å². The molecule has 2 aromatic rings. The predicted octanol–water partition coefficient (Wildman–Crippen LogP) is 1.26. The van der Waals surface area contributed by atoms with Gasteiger partial charge in [-0.05, 0) is 36.1 Å². The van der Waals surface area contributed by atoms with Gasteiger partial charge in [0.25, 0.3) is 11.8 Å². The van der Waals surface area contributed by atoms with Gasteiger partial charge in [0, 0.05) is 32.0 Å². The number of piperidine rings is 1. The zero-order valence-corrected chi connectivity index (χ0v) is 18.2. The molecule has 0 aliphatic carbocycles. The van der Waals surface area contributed by atoms with Crippen molar-refractivity contribution in [2.24, 2.45) is 11.7 Å². The smallest absolute Gasteiger partial charge is 0.262 e. The molecule has 170 valence electrons. The summed E-state index contributed by atoms with van der Waals surface area (Å²) in [6.07, 6.45) is 0.250. The second-order valence-corrected chi connectivity index (χ2v) is 8.99. The summed E-state index contributed by atoms with van der Waals surface area (Å²) in [6, 6.07) is 14.6. The standard InChI is InChI=1S/C25H26N4O4/c26-11-17-13-28(14-19(17)15-5-2-1-3-6-15)12-16-7-4-8-18-22(16)25(33)29(24(18)32)20-9-10-21(30)27-23(20)31/h1-8,17,19-20H,9-14,26H2,(H,27,30,31)/t17-,19+,20?/m1/s1. The minimum absolute atomic E-state index is 0.103. The van der Waals surface area contributed by atoms with Crippen molar-refractivity contribution in [3.8, 4) is 0 Å². The van der Waals surface area contributed by atoms with Gasteiger partial charge in [-0.15, -0.1) is 0 Å². The zero-order valence-electron chi connectivity index (χ0n) is 18.2. The van der Waals surface area contributed by atoms with Crippen molar-refractivity contribution in [2.75, 3.05) is 19.6 Å².